The van der Waals surface area contributed by atoms with Gasteiger partial charge in [-0.15, -0.1) is 10.2 Å². The number of aromatic nitrogens is 3. The molecular weight excluding hydrogens is 164 g/mol. The van der Waals surface area contributed by atoms with Crippen molar-refractivity contribution < 1.29 is 0 Å². The molecule has 1 atom stereocenters. The first-order valence-electron chi connectivity index (χ1n) is 4.95. The average molecular weight is 180 g/mol. The molecule has 1 aliphatic heterocycles. The van der Waals surface area contributed by atoms with Crippen LogP contribution in [0.2, 0.25) is 0 Å². The van der Waals surface area contributed by atoms with Gasteiger partial charge in [0.2, 0.25) is 0 Å². The van der Waals surface area contributed by atoms with Crippen LogP contribution in [0, 0.1) is 0 Å². The third-order valence-electron chi connectivity index (χ3n) is 2.68. The van der Waals surface area contributed by atoms with E-state index in [-0.39, 0.29) is 0 Å². The van der Waals surface area contributed by atoms with E-state index in [0.717, 1.165) is 24.6 Å². The molecule has 0 amide bonds. The van der Waals surface area contributed by atoms with E-state index in [4.69, 9.17) is 5.73 Å². The lowest BCUT2D eigenvalue weighted by atomic mass is 10.0. The molecule has 72 valence electrons. The molecule has 0 saturated heterocycles. The van der Waals surface area contributed by atoms with Gasteiger partial charge in [-0.25, -0.2) is 0 Å². The van der Waals surface area contributed by atoms with Gasteiger partial charge >= 0.3 is 0 Å². The van der Waals surface area contributed by atoms with Gasteiger partial charge in [0, 0.05) is 18.9 Å². The number of fused-ring (bicyclic) bond motifs is 1. The maximum atomic E-state index is 5.51. The van der Waals surface area contributed by atoms with Crippen molar-refractivity contribution in [2.75, 3.05) is 6.54 Å². The van der Waals surface area contributed by atoms with Gasteiger partial charge in [0.05, 0.1) is 0 Å². The molecule has 0 bridgehead atoms. The number of hydrogen-bond donors (Lipinski definition) is 1. The van der Waals surface area contributed by atoms with E-state index in [9.17, 15) is 0 Å². The van der Waals surface area contributed by atoms with Crippen LogP contribution in [0.15, 0.2) is 0 Å². The highest BCUT2D eigenvalue weighted by molar-refractivity contribution is 5.04. The zero-order chi connectivity index (χ0) is 9.26. The number of nitrogens with two attached hydrogens (primary N) is 1. The molecule has 0 fully saturated rings. The van der Waals surface area contributed by atoms with E-state index in [1.165, 1.54) is 12.8 Å². The van der Waals surface area contributed by atoms with Crippen molar-refractivity contribution in [3.05, 3.63) is 11.6 Å². The molecule has 2 N–H and O–H groups in total. The van der Waals surface area contributed by atoms with Gasteiger partial charge in [0.25, 0.3) is 0 Å². The maximum Gasteiger partial charge on any atom is 0.135 e. The molecule has 4 heteroatoms. The molecule has 0 saturated carbocycles. The Morgan fingerprint density at radius 1 is 1.54 bits per heavy atom. The highest BCUT2D eigenvalue weighted by atomic mass is 15.3. The first-order valence-corrected chi connectivity index (χ1v) is 4.95. The van der Waals surface area contributed by atoms with Crippen molar-refractivity contribution in [1.82, 2.24) is 14.8 Å². The average Bonchev–Trinajstić information content (AvgIpc) is 2.51. The van der Waals surface area contributed by atoms with Crippen LogP contribution in [0.25, 0.3) is 0 Å². The smallest absolute Gasteiger partial charge is 0.135 e. The zero-order valence-corrected chi connectivity index (χ0v) is 8.03. The van der Waals surface area contributed by atoms with Gasteiger partial charge < -0.3 is 10.3 Å². The second-order valence-electron chi connectivity index (χ2n) is 3.71. The molecule has 4 nitrogen and oxygen atoms in total. The van der Waals surface area contributed by atoms with E-state index in [1.807, 2.05) is 0 Å². The maximum absolute atomic E-state index is 5.51. The van der Waals surface area contributed by atoms with Crippen LogP contribution >= 0.6 is 0 Å². The molecule has 2 rings (SSSR count). The Bertz CT molecular complexity index is 292. The van der Waals surface area contributed by atoms with Crippen molar-refractivity contribution in [2.45, 2.75) is 38.6 Å². The summed E-state index contributed by atoms with van der Waals surface area (Å²) >= 11 is 0. The van der Waals surface area contributed by atoms with Crippen LogP contribution in [0.5, 0.6) is 0 Å². The molecule has 0 aromatic carbocycles. The zero-order valence-electron chi connectivity index (χ0n) is 8.03. The molecule has 1 aromatic rings. The predicted molar refractivity (Wildman–Crippen MR) is 50.4 cm³/mol. The Kier molecular flexibility index (Phi) is 2.31. The van der Waals surface area contributed by atoms with Crippen molar-refractivity contribution >= 4 is 0 Å². The third-order valence-corrected chi connectivity index (χ3v) is 2.68. The fraction of sp³-hybridized carbons (Fsp3) is 0.778. The second kappa shape index (κ2) is 3.46. The minimum absolute atomic E-state index is 0.563. The summed E-state index contributed by atoms with van der Waals surface area (Å²) in [5, 5.41) is 8.38. The molecule has 2 heterocycles. The summed E-state index contributed by atoms with van der Waals surface area (Å²) in [4.78, 5) is 0. The van der Waals surface area contributed by atoms with Gasteiger partial charge in [0.1, 0.15) is 11.6 Å². The van der Waals surface area contributed by atoms with Gasteiger partial charge in [-0.1, -0.05) is 6.92 Å². The van der Waals surface area contributed by atoms with Crippen LogP contribution in [0.3, 0.4) is 0 Å². The largest absolute Gasteiger partial charge is 0.330 e. The van der Waals surface area contributed by atoms with Crippen molar-refractivity contribution in [3.63, 3.8) is 0 Å². The highest BCUT2D eigenvalue weighted by Crippen LogP contribution is 2.25. The Morgan fingerprint density at radius 3 is 3.15 bits per heavy atom. The molecule has 0 spiro atoms. The van der Waals surface area contributed by atoms with E-state index in [1.54, 1.807) is 0 Å². The van der Waals surface area contributed by atoms with Crippen LogP contribution in [-0.4, -0.2) is 21.3 Å². The minimum Gasteiger partial charge on any atom is -0.330 e. The standard InChI is InChI=1S/C9H16N4/c1-7-3-2-6-13-8(4-5-10)11-12-9(7)13/h7H,2-6,10H2,1H3. The van der Waals surface area contributed by atoms with Crippen molar-refractivity contribution in [3.8, 4) is 0 Å². The fourth-order valence-corrected chi connectivity index (χ4v) is 1.96. The van der Waals surface area contributed by atoms with Crippen LogP contribution in [0.1, 0.15) is 37.3 Å². The van der Waals surface area contributed by atoms with Gasteiger partial charge in [0.15, 0.2) is 0 Å². The normalized spacial score (nSPS) is 21.5. The van der Waals surface area contributed by atoms with Gasteiger partial charge in [-0.3, -0.25) is 0 Å². The number of rotatable bonds is 2. The lowest BCUT2D eigenvalue weighted by Gasteiger charge is -2.20. The molecule has 13 heavy (non-hydrogen) atoms. The molecule has 1 unspecified atom stereocenters. The van der Waals surface area contributed by atoms with E-state index in [0.29, 0.717) is 12.5 Å². The second-order valence-corrected chi connectivity index (χ2v) is 3.71. The van der Waals surface area contributed by atoms with Crippen LogP contribution in [-0.2, 0) is 13.0 Å². The molecule has 0 aliphatic carbocycles. The fourth-order valence-electron chi connectivity index (χ4n) is 1.96. The summed E-state index contributed by atoms with van der Waals surface area (Å²) in [6.07, 6.45) is 3.32. The summed E-state index contributed by atoms with van der Waals surface area (Å²) in [6.45, 7) is 3.94. The van der Waals surface area contributed by atoms with E-state index in [2.05, 4.69) is 21.7 Å². The minimum atomic E-state index is 0.563. The Hall–Kier alpha value is -0.900. The Morgan fingerprint density at radius 2 is 2.38 bits per heavy atom. The number of hydrogen-bond acceptors (Lipinski definition) is 3. The lowest BCUT2D eigenvalue weighted by Crippen LogP contribution is -2.17. The van der Waals surface area contributed by atoms with Gasteiger partial charge in [-0.2, -0.15) is 0 Å². The van der Waals surface area contributed by atoms with Gasteiger partial charge in [-0.05, 0) is 19.4 Å². The van der Waals surface area contributed by atoms with Crippen molar-refractivity contribution in [1.29, 1.82) is 0 Å². The molecule has 1 aliphatic rings. The van der Waals surface area contributed by atoms with E-state index < -0.39 is 0 Å². The number of nitrogens with zero attached hydrogens (tertiary/aromatic N) is 3. The van der Waals surface area contributed by atoms with E-state index >= 15 is 0 Å². The summed E-state index contributed by atoms with van der Waals surface area (Å²) < 4.78 is 2.24. The van der Waals surface area contributed by atoms with Crippen LogP contribution in [0.4, 0.5) is 0 Å². The molecular formula is C9H16N4. The molecule has 1 aromatic heterocycles. The lowest BCUT2D eigenvalue weighted by molar-refractivity contribution is 0.454. The summed E-state index contributed by atoms with van der Waals surface area (Å²) in [7, 11) is 0. The summed E-state index contributed by atoms with van der Waals surface area (Å²) in [5.74, 6) is 2.77. The highest BCUT2D eigenvalue weighted by Gasteiger charge is 2.20. The van der Waals surface area contributed by atoms with Crippen molar-refractivity contribution in [2.24, 2.45) is 5.73 Å². The molecule has 0 radical (unpaired) electrons. The SMILES string of the molecule is CC1CCCn2c(CCN)nnc21. The van der Waals surface area contributed by atoms with Crippen LogP contribution < -0.4 is 5.73 Å². The quantitative estimate of drug-likeness (QED) is 0.728. The summed E-state index contributed by atoms with van der Waals surface area (Å²) in [6, 6.07) is 0. The summed E-state index contributed by atoms with van der Waals surface area (Å²) in [5.41, 5.74) is 5.51. The third kappa shape index (κ3) is 1.46. The predicted octanol–water partition coefficient (Wildman–Crippen LogP) is 0.677. The first kappa shape index (κ1) is 8.69. The monoisotopic (exact) mass is 180 g/mol. The first-order chi connectivity index (χ1) is 6.33. The topological polar surface area (TPSA) is 56.7 Å². The Balaban J connectivity index is 2.30. The Labute approximate surface area is 78.1 Å².